The second-order valence-corrected chi connectivity index (χ2v) is 7.83. The van der Waals surface area contributed by atoms with Crippen LogP contribution >= 0.6 is 0 Å². The van der Waals surface area contributed by atoms with Crippen LogP contribution in [-0.4, -0.2) is 55.2 Å². The van der Waals surface area contributed by atoms with Crippen LogP contribution in [-0.2, 0) is 9.59 Å². The van der Waals surface area contributed by atoms with Gasteiger partial charge in [0, 0.05) is 30.5 Å². The highest BCUT2D eigenvalue weighted by Gasteiger charge is 2.35. The monoisotopic (exact) mass is 423 g/mol. The number of hydrazone groups is 1. The molecule has 0 aromatic heterocycles. The molecule has 0 aliphatic carbocycles. The van der Waals surface area contributed by atoms with Crippen molar-refractivity contribution in [1.29, 1.82) is 0 Å². The summed E-state index contributed by atoms with van der Waals surface area (Å²) in [6.07, 6.45) is 0.529. The molecule has 31 heavy (non-hydrogen) atoms. The number of methoxy groups -OCH3 is 2. The van der Waals surface area contributed by atoms with Gasteiger partial charge in [0.2, 0.25) is 5.91 Å². The van der Waals surface area contributed by atoms with Crippen LogP contribution in [0.2, 0.25) is 0 Å². The summed E-state index contributed by atoms with van der Waals surface area (Å²) in [5, 5.41) is 6.16. The van der Waals surface area contributed by atoms with Crippen LogP contribution in [0.4, 0.5) is 0 Å². The van der Waals surface area contributed by atoms with Crippen LogP contribution < -0.4 is 9.47 Å². The summed E-state index contributed by atoms with van der Waals surface area (Å²) in [5.74, 6) is 0.904. The average Bonchev–Trinajstić information content (AvgIpc) is 3.23. The molecule has 164 valence electrons. The standard InChI is InChI=1S/C24H29N3O4/c1-16(2)24(29)26(3)15-23(28)27-21(19-11-6-7-12-22(19)31-5)14-20(25-27)17-9-8-10-18(13-17)30-4/h6-13,16,21H,14-15H2,1-5H3. The van der Waals surface area contributed by atoms with Crippen molar-refractivity contribution in [3.63, 3.8) is 0 Å². The first kappa shape index (κ1) is 22.3. The number of carbonyl (C=O) groups excluding carboxylic acids is 2. The molecule has 0 spiro atoms. The zero-order valence-corrected chi connectivity index (χ0v) is 18.7. The summed E-state index contributed by atoms with van der Waals surface area (Å²) in [5.41, 5.74) is 2.54. The Kier molecular flexibility index (Phi) is 6.95. The van der Waals surface area contributed by atoms with Gasteiger partial charge in [0.15, 0.2) is 0 Å². The second kappa shape index (κ2) is 9.64. The Morgan fingerprint density at radius 2 is 1.87 bits per heavy atom. The van der Waals surface area contributed by atoms with Gasteiger partial charge in [-0.3, -0.25) is 9.59 Å². The lowest BCUT2D eigenvalue weighted by Crippen LogP contribution is -2.40. The Labute approximate surface area is 183 Å². The number of rotatable bonds is 7. The number of ether oxygens (including phenoxy) is 2. The summed E-state index contributed by atoms with van der Waals surface area (Å²) in [7, 11) is 4.87. The van der Waals surface area contributed by atoms with Crippen LogP contribution in [0.25, 0.3) is 0 Å². The fourth-order valence-electron chi connectivity index (χ4n) is 3.70. The summed E-state index contributed by atoms with van der Waals surface area (Å²) in [6.45, 7) is 3.59. The van der Waals surface area contributed by atoms with E-state index in [1.807, 2.05) is 62.4 Å². The van der Waals surface area contributed by atoms with Crippen LogP contribution in [0, 0.1) is 5.92 Å². The number of amides is 2. The molecule has 0 bridgehead atoms. The molecule has 2 amide bonds. The molecule has 0 N–H and O–H groups in total. The zero-order chi connectivity index (χ0) is 22.5. The van der Waals surface area contributed by atoms with E-state index in [0.29, 0.717) is 12.2 Å². The molecule has 0 saturated carbocycles. The zero-order valence-electron chi connectivity index (χ0n) is 18.7. The Bertz CT molecular complexity index is 986. The molecule has 1 aliphatic rings. The van der Waals surface area contributed by atoms with Gasteiger partial charge in [-0.15, -0.1) is 0 Å². The molecule has 7 nitrogen and oxygen atoms in total. The predicted octanol–water partition coefficient (Wildman–Crippen LogP) is 3.50. The molecule has 2 aromatic rings. The number of carbonyl (C=O) groups is 2. The maximum Gasteiger partial charge on any atom is 0.262 e. The molecule has 7 heteroatoms. The lowest BCUT2D eigenvalue weighted by molar-refractivity contribution is -0.142. The topological polar surface area (TPSA) is 71.4 Å². The normalized spacial score (nSPS) is 15.6. The van der Waals surface area contributed by atoms with E-state index in [0.717, 1.165) is 22.6 Å². The lowest BCUT2D eigenvalue weighted by Gasteiger charge is -2.26. The third-order valence-electron chi connectivity index (χ3n) is 5.31. The van der Waals surface area contributed by atoms with Gasteiger partial charge in [-0.2, -0.15) is 5.10 Å². The van der Waals surface area contributed by atoms with E-state index in [2.05, 4.69) is 5.10 Å². The van der Waals surface area contributed by atoms with Gasteiger partial charge in [0.1, 0.15) is 18.0 Å². The van der Waals surface area contributed by atoms with Crippen LogP contribution in [0.1, 0.15) is 37.4 Å². The summed E-state index contributed by atoms with van der Waals surface area (Å²) >= 11 is 0. The Balaban J connectivity index is 1.95. The third-order valence-corrected chi connectivity index (χ3v) is 5.31. The Morgan fingerprint density at radius 1 is 1.13 bits per heavy atom. The molecule has 2 aromatic carbocycles. The quantitative estimate of drug-likeness (QED) is 0.683. The first-order valence-corrected chi connectivity index (χ1v) is 10.3. The fourth-order valence-corrected chi connectivity index (χ4v) is 3.70. The smallest absolute Gasteiger partial charge is 0.262 e. The molecular weight excluding hydrogens is 394 g/mol. The third kappa shape index (κ3) is 4.87. The highest BCUT2D eigenvalue weighted by atomic mass is 16.5. The summed E-state index contributed by atoms with van der Waals surface area (Å²) in [4.78, 5) is 27.0. The number of para-hydroxylation sites is 1. The molecule has 1 heterocycles. The molecule has 0 fully saturated rings. The van der Waals surface area contributed by atoms with Gasteiger partial charge in [-0.25, -0.2) is 5.01 Å². The van der Waals surface area contributed by atoms with E-state index in [-0.39, 0.29) is 30.3 Å². The van der Waals surface area contributed by atoms with Crippen molar-refractivity contribution in [3.8, 4) is 11.5 Å². The van der Waals surface area contributed by atoms with Gasteiger partial charge in [0.05, 0.1) is 26.0 Å². The van der Waals surface area contributed by atoms with E-state index in [1.165, 1.54) is 9.91 Å². The second-order valence-electron chi connectivity index (χ2n) is 7.83. The highest BCUT2D eigenvalue weighted by Crippen LogP contribution is 2.37. The van der Waals surface area contributed by atoms with Gasteiger partial charge < -0.3 is 14.4 Å². The van der Waals surface area contributed by atoms with Gasteiger partial charge in [-0.1, -0.05) is 44.2 Å². The van der Waals surface area contributed by atoms with E-state index in [9.17, 15) is 9.59 Å². The number of hydrogen-bond acceptors (Lipinski definition) is 5. The van der Waals surface area contributed by atoms with E-state index in [1.54, 1.807) is 21.3 Å². The predicted molar refractivity (Wildman–Crippen MR) is 119 cm³/mol. The molecule has 0 saturated heterocycles. The maximum absolute atomic E-state index is 13.2. The molecule has 1 unspecified atom stereocenters. The average molecular weight is 424 g/mol. The molecule has 3 rings (SSSR count). The highest BCUT2D eigenvalue weighted by molar-refractivity contribution is 6.03. The first-order chi connectivity index (χ1) is 14.8. The minimum atomic E-state index is -0.326. The van der Waals surface area contributed by atoms with Gasteiger partial charge in [-0.05, 0) is 18.2 Å². The van der Waals surface area contributed by atoms with Gasteiger partial charge in [0.25, 0.3) is 5.91 Å². The molecule has 1 atom stereocenters. The maximum atomic E-state index is 13.2. The largest absolute Gasteiger partial charge is 0.497 e. The molecular formula is C24H29N3O4. The summed E-state index contributed by atoms with van der Waals surface area (Å²) < 4.78 is 10.9. The van der Waals surface area contributed by atoms with Crippen LogP contribution in [0.3, 0.4) is 0 Å². The number of hydrogen-bond donors (Lipinski definition) is 0. The van der Waals surface area contributed by atoms with Gasteiger partial charge >= 0.3 is 0 Å². The minimum Gasteiger partial charge on any atom is -0.497 e. The number of nitrogens with zero attached hydrogens (tertiary/aromatic N) is 3. The molecule has 1 aliphatic heterocycles. The van der Waals surface area contributed by atoms with E-state index < -0.39 is 0 Å². The van der Waals surface area contributed by atoms with Crippen molar-refractivity contribution in [2.75, 3.05) is 27.8 Å². The Hall–Kier alpha value is -3.35. The fraction of sp³-hybridized carbons (Fsp3) is 0.375. The number of likely N-dealkylation sites (N-methyl/N-ethyl adjacent to an activating group) is 1. The first-order valence-electron chi connectivity index (χ1n) is 10.3. The van der Waals surface area contributed by atoms with Crippen molar-refractivity contribution in [3.05, 3.63) is 59.7 Å². The van der Waals surface area contributed by atoms with Crippen LogP contribution in [0.5, 0.6) is 11.5 Å². The molecule has 0 radical (unpaired) electrons. The van der Waals surface area contributed by atoms with Crippen molar-refractivity contribution in [1.82, 2.24) is 9.91 Å². The SMILES string of the molecule is COc1cccc(C2=NN(C(=O)CN(C)C(=O)C(C)C)C(c3ccccc3OC)C2)c1. The van der Waals surface area contributed by atoms with Crippen molar-refractivity contribution in [2.45, 2.75) is 26.3 Å². The minimum absolute atomic E-state index is 0.0441. The van der Waals surface area contributed by atoms with Crippen LogP contribution in [0.15, 0.2) is 53.6 Å². The Morgan fingerprint density at radius 3 is 2.55 bits per heavy atom. The van der Waals surface area contributed by atoms with E-state index in [4.69, 9.17) is 9.47 Å². The van der Waals surface area contributed by atoms with Crippen molar-refractivity contribution >= 4 is 17.5 Å². The lowest BCUT2D eigenvalue weighted by atomic mass is 9.97. The van der Waals surface area contributed by atoms with Crippen molar-refractivity contribution in [2.24, 2.45) is 11.0 Å². The van der Waals surface area contributed by atoms with Crippen molar-refractivity contribution < 1.29 is 19.1 Å². The van der Waals surface area contributed by atoms with E-state index >= 15 is 0 Å². The summed E-state index contributed by atoms with van der Waals surface area (Å²) in [6, 6.07) is 14.9. The number of benzene rings is 2.